The Hall–Kier alpha value is -0.780. The highest BCUT2D eigenvalue weighted by molar-refractivity contribution is 7.89. The molecular weight excluding hydrogens is 394 g/mol. The Labute approximate surface area is 164 Å². The van der Waals surface area contributed by atoms with E-state index in [1.807, 2.05) is 7.05 Å². The summed E-state index contributed by atoms with van der Waals surface area (Å²) in [6.45, 7) is 2.91. The summed E-state index contributed by atoms with van der Waals surface area (Å²) >= 11 is 5.81. The highest BCUT2D eigenvalue weighted by Crippen LogP contribution is 2.27. The van der Waals surface area contributed by atoms with Crippen LogP contribution in [0.3, 0.4) is 0 Å². The first kappa shape index (κ1) is 20.9. The second kappa shape index (κ2) is 8.71. The second-order valence-corrected chi connectivity index (χ2v) is 9.23. The lowest BCUT2D eigenvalue weighted by Gasteiger charge is -2.39. The molecule has 8 nitrogen and oxygen atoms in total. The fourth-order valence-electron chi connectivity index (χ4n) is 3.61. The number of nitrogens with zero attached hydrogens (tertiary/aromatic N) is 2. The number of nitrogens with one attached hydrogen (secondary N) is 1. The number of aliphatic hydroxyl groups excluding tert-OH is 2. The van der Waals surface area contributed by atoms with Crippen LogP contribution in [0.25, 0.3) is 0 Å². The van der Waals surface area contributed by atoms with E-state index < -0.39 is 28.3 Å². The van der Waals surface area contributed by atoms with E-state index in [2.05, 4.69) is 14.5 Å². The molecule has 0 bridgehead atoms. The van der Waals surface area contributed by atoms with Crippen molar-refractivity contribution >= 4 is 21.6 Å². The highest BCUT2D eigenvalue weighted by atomic mass is 35.5. The lowest BCUT2D eigenvalue weighted by molar-refractivity contribution is -0.0201. The van der Waals surface area contributed by atoms with Gasteiger partial charge in [-0.05, 0) is 31.3 Å². The number of aliphatic hydroxyl groups is 2. The van der Waals surface area contributed by atoms with Gasteiger partial charge in [0.05, 0.1) is 23.6 Å². The van der Waals surface area contributed by atoms with Crippen molar-refractivity contribution in [3.63, 3.8) is 0 Å². The SMILES string of the molecule is CN1CCN(C2C(CNS(=O)(=O)c3ccc(Cl)cc3)OC(CO)C2O)CC1. The van der Waals surface area contributed by atoms with Crippen molar-refractivity contribution in [1.29, 1.82) is 0 Å². The van der Waals surface area contributed by atoms with E-state index in [1.54, 1.807) is 0 Å². The average molecular weight is 420 g/mol. The van der Waals surface area contributed by atoms with E-state index in [0.29, 0.717) is 5.02 Å². The summed E-state index contributed by atoms with van der Waals surface area (Å²) in [7, 11) is -1.69. The number of sulfonamides is 1. The number of hydrogen-bond acceptors (Lipinski definition) is 7. The largest absolute Gasteiger partial charge is 0.394 e. The number of benzene rings is 1. The van der Waals surface area contributed by atoms with Gasteiger partial charge in [0.2, 0.25) is 10.0 Å². The molecule has 0 amide bonds. The van der Waals surface area contributed by atoms with Crippen LogP contribution in [0.2, 0.25) is 5.02 Å². The zero-order chi connectivity index (χ0) is 19.6. The highest BCUT2D eigenvalue weighted by Gasteiger charge is 2.46. The van der Waals surface area contributed by atoms with E-state index in [1.165, 1.54) is 24.3 Å². The molecule has 4 unspecified atom stereocenters. The topological polar surface area (TPSA) is 102 Å². The van der Waals surface area contributed by atoms with E-state index in [-0.39, 0.29) is 24.1 Å². The zero-order valence-electron chi connectivity index (χ0n) is 15.2. The molecule has 0 aliphatic carbocycles. The monoisotopic (exact) mass is 419 g/mol. The molecule has 0 saturated carbocycles. The lowest BCUT2D eigenvalue weighted by Crippen LogP contribution is -2.56. The Morgan fingerprint density at radius 1 is 1.19 bits per heavy atom. The predicted molar refractivity (Wildman–Crippen MR) is 101 cm³/mol. The molecule has 0 spiro atoms. The summed E-state index contributed by atoms with van der Waals surface area (Å²) in [6, 6.07) is 5.53. The van der Waals surface area contributed by atoms with Crippen molar-refractivity contribution in [2.24, 2.45) is 0 Å². The molecule has 2 aliphatic rings. The first-order chi connectivity index (χ1) is 12.8. The van der Waals surface area contributed by atoms with E-state index in [4.69, 9.17) is 16.3 Å². The maximum atomic E-state index is 12.5. The Morgan fingerprint density at radius 2 is 1.81 bits per heavy atom. The Morgan fingerprint density at radius 3 is 2.41 bits per heavy atom. The molecule has 0 aromatic heterocycles. The Balaban J connectivity index is 1.70. The van der Waals surface area contributed by atoms with E-state index in [0.717, 1.165) is 26.2 Å². The number of hydrogen-bond donors (Lipinski definition) is 3. The van der Waals surface area contributed by atoms with E-state index in [9.17, 15) is 18.6 Å². The summed E-state index contributed by atoms with van der Waals surface area (Å²) in [5.74, 6) is 0. The maximum absolute atomic E-state index is 12.5. The van der Waals surface area contributed by atoms with Crippen LogP contribution in [0.5, 0.6) is 0 Å². The number of rotatable bonds is 6. The van der Waals surface area contributed by atoms with Crippen LogP contribution < -0.4 is 4.72 Å². The van der Waals surface area contributed by atoms with Gasteiger partial charge in [-0.25, -0.2) is 13.1 Å². The quantitative estimate of drug-likeness (QED) is 0.563. The van der Waals surface area contributed by atoms with Gasteiger partial charge in [0.25, 0.3) is 0 Å². The number of piperazine rings is 1. The van der Waals surface area contributed by atoms with Crippen LogP contribution in [-0.4, -0.2) is 99.2 Å². The van der Waals surface area contributed by atoms with Gasteiger partial charge in [0.15, 0.2) is 0 Å². The number of likely N-dealkylation sites (N-methyl/N-ethyl adjacent to an activating group) is 1. The molecule has 2 heterocycles. The van der Waals surface area contributed by atoms with Gasteiger partial charge in [0.1, 0.15) is 12.2 Å². The molecule has 2 saturated heterocycles. The van der Waals surface area contributed by atoms with Gasteiger partial charge < -0.3 is 19.8 Å². The third kappa shape index (κ3) is 4.80. The lowest BCUT2D eigenvalue weighted by atomic mass is 10.0. The van der Waals surface area contributed by atoms with Crippen molar-refractivity contribution in [3.8, 4) is 0 Å². The maximum Gasteiger partial charge on any atom is 0.240 e. The Kier molecular flexibility index (Phi) is 6.75. The van der Waals surface area contributed by atoms with Crippen LogP contribution in [0.15, 0.2) is 29.2 Å². The third-order valence-electron chi connectivity index (χ3n) is 5.20. The minimum absolute atomic E-state index is 0.00945. The van der Waals surface area contributed by atoms with Crippen LogP contribution in [0.1, 0.15) is 0 Å². The van der Waals surface area contributed by atoms with Gasteiger partial charge in [-0.2, -0.15) is 0 Å². The summed E-state index contributed by atoms with van der Waals surface area (Å²) < 4.78 is 33.4. The molecule has 3 rings (SSSR count). The minimum Gasteiger partial charge on any atom is -0.394 e. The minimum atomic E-state index is -3.73. The standard InChI is InChI=1S/C17H26ClN3O5S/c1-20-6-8-21(9-7-20)16-14(26-15(11-22)17(16)23)10-19-27(24,25)13-4-2-12(18)3-5-13/h2-5,14-17,19,22-23H,6-11H2,1H3. The van der Waals surface area contributed by atoms with Gasteiger partial charge >= 0.3 is 0 Å². The summed E-state index contributed by atoms with van der Waals surface area (Å²) in [5.41, 5.74) is 0. The van der Waals surface area contributed by atoms with Gasteiger partial charge in [-0.3, -0.25) is 4.90 Å². The molecule has 2 aliphatic heterocycles. The zero-order valence-corrected chi connectivity index (χ0v) is 16.7. The van der Waals surface area contributed by atoms with E-state index >= 15 is 0 Å². The third-order valence-corrected chi connectivity index (χ3v) is 6.89. The molecule has 152 valence electrons. The average Bonchev–Trinajstić information content (AvgIpc) is 2.97. The fourth-order valence-corrected chi connectivity index (χ4v) is 4.78. The molecule has 3 N–H and O–H groups in total. The van der Waals surface area contributed by atoms with Crippen LogP contribution in [0, 0.1) is 0 Å². The van der Waals surface area contributed by atoms with Crippen molar-refractivity contribution in [2.75, 3.05) is 46.4 Å². The molecule has 27 heavy (non-hydrogen) atoms. The van der Waals surface area contributed by atoms with Gasteiger partial charge in [0, 0.05) is 37.7 Å². The van der Waals surface area contributed by atoms with Crippen molar-refractivity contribution < 1.29 is 23.4 Å². The van der Waals surface area contributed by atoms with Crippen LogP contribution in [-0.2, 0) is 14.8 Å². The molecule has 1 aromatic carbocycles. The normalized spacial score (nSPS) is 30.7. The molecule has 4 atom stereocenters. The number of ether oxygens (including phenoxy) is 1. The molecule has 1 aromatic rings. The molecule has 10 heteroatoms. The summed E-state index contributed by atoms with van der Waals surface area (Å²) in [6.07, 6.45) is -2.15. The van der Waals surface area contributed by atoms with Gasteiger partial charge in [-0.15, -0.1) is 0 Å². The van der Waals surface area contributed by atoms with Crippen LogP contribution in [0.4, 0.5) is 0 Å². The second-order valence-electron chi connectivity index (χ2n) is 7.02. The van der Waals surface area contributed by atoms with Crippen molar-refractivity contribution in [3.05, 3.63) is 29.3 Å². The molecule has 0 radical (unpaired) electrons. The van der Waals surface area contributed by atoms with Gasteiger partial charge in [-0.1, -0.05) is 11.6 Å². The summed E-state index contributed by atoms with van der Waals surface area (Å²) in [4.78, 5) is 4.42. The summed E-state index contributed by atoms with van der Waals surface area (Å²) in [5, 5.41) is 20.5. The molecular formula is C17H26ClN3O5S. The molecule has 2 fully saturated rings. The smallest absolute Gasteiger partial charge is 0.240 e. The number of halogens is 1. The van der Waals surface area contributed by atoms with Crippen LogP contribution >= 0.6 is 11.6 Å². The van der Waals surface area contributed by atoms with Crippen molar-refractivity contribution in [2.45, 2.75) is 29.2 Å². The predicted octanol–water partition coefficient (Wildman–Crippen LogP) is -0.645. The first-order valence-corrected chi connectivity index (χ1v) is 10.8. The first-order valence-electron chi connectivity index (χ1n) is 8.94. The Bertz CT molecular complexity index is 725. The fraction of sp³-hybridized carbons (Fsp3) is 0.647. The van der Waals surface area contributed by atoms with Crippen molar-refractivity contribution in [1.82, 2.24) is 14.5 Å².